The molecule has 168 valence electrons. The quantitative estimate of drug-likeness (QED) is 0.586. The topological polar surface area (TPSA) is 67.9 Å². The molecule has 0 heterocycles. The van der Waals surface area contributed by atoms with Gasteiger partial charge < -0.3 is 19.7 Å². The number of nitrogens with zero attached hydrogens (tertiary/aromatic N) is 1. The van der Waals surface area contributed by atoms with Gasteiger partial charge in [0.15, 0.2) is 6.61 Å². The average molecular weight is 427 g/mol. The van der Waals surface area contributed by atoms with Gasteiger partial charge in [-0.1, -0.05) is 45.0 Å². The van der Waals surface area contributed by atoms with E-state index in [4.69, 9.17) is 9.47 Å². The standard InChI is InChI=1S/C25H34N2O4/c1-6-14-26-25(29)19(4)27(16-20-8-7-9-23(15-20)30-5)24(28)17-31-22-12-10-21(11-13-22)18(2)3/h7-13,15,18-19H,6,14,16-17H2,1-5H3,(H,26,29). The van der Waals surface area contributed by atoms with Gasteiger partial charge in [-0.05, 0) is 54.7 Å². The monoisotopic (exact) mass is 426 g/mol. The molecule has 6 heteroatoms. The van der Waals surface area contributed by atoms with Gasteiger partial charge in [0.25, 0.3) is 5.91 Å². The van der Waals surface area contributed by atoms with Crippen molar-refractivity contribution in [2.24, 2.45) is 0 Å². The largest absolute Gasteiger partial charge is 0.497 e. The van der Waals surface area contributed by atoms with E-state index in [-0.39, 0.29) is 25.0 Å². The van der Waals surface area contributed by atoms with Crippen LogP contribution in [0.3, 0.4) is 0 Å². The summed E-state index contributed by atoms with van der Waals surface area (Å²) in [6, 6.07) is 14.6. The van der Waals surface area contributed by atoms with Crippen LogP contribution in [0, 0.1) is 0 Å². The van der Waals surface area contributed by atoms with E-state index >= 15 is 0 Å². The molecule has 0 bridgehead atoms. The zero-order valence-corrected chi connectivity index (χ0v) is 19.2. The Bertz CT molecular complexity index is 849. The summed E-state index contributed by atoms with van der Waals surface area (Å²) < 4.78 is 11.0. The van der Waals surface area contributed by atoms with Crippen molar-refractivity contribution in [3.05, 3.63) is 59.7 Å². The SMILES string of the molecule is CCCNC(=O)C(C)N(Cc1cccc(OC)c1)C(=O)COc1ccc(C(C)C)cc1. The van der Waals surface area contributed by atoms with Crippen molar-refractivity contribution in [3.63, 3.8) is 0 Å². The Hall–Kier alpha value is -3.02. The van der Waals surface area contributed by atoms with E-state index in [1.807, 2.05) is 55.5 Å². The van der Waals surface area contributed by atoms with Crippen molar-refractivity contribution in [2.75, 3.05) is 20.3 Å². The van der Waals surface area contributed by atoms with E-state index in [1.54, 1.807) is 18.9 Å². The lowest BCUT2D eigenvalue weighted by molar-refractivity contribution is -0.142. The van der Waals surface area contributed by atoms with Crippen LogP contribution >= 0.6 is 0 Å². The van der Waals surface area contributed by atoms with Crippen molar-refractivity contribution in [1.82, 2.24) is 10.2 Å². The number of methoxy groups -OCH3 is 1. The van der Waals surface area contributed by atoms with Crippen LogP contribution in [0.2, 0.25) is 0 Å². The predicted molar refractivity (Wildman–Crippen MR) is 122 cm³/mol. The van der Waals surface area contributed by atoms with Gasteiger partial charge in [0.2, 0.25) is 5.91 Å². The molecule has 2 aromatic rings. The molecule has 0 saturated heterocycles. The van der Waals surface area contributed by atoms with Crippen molar-refractivity contribution < 1.29 is 19.1 Å². The van der Waals surface area contributed by atoms with Gasteiger partial charge >= 0.3 is 0 Å². The minimum atomic E-state index is -0.628. The van der Waals surface area contributed by atoms with E-state index in [2.05, 4.69) is 19.2 Å². The van der Waals surface area contributed by atoms with Gasteiger partial charge in [0, 0.05) is 13.1 Å². The summed E-state index contributed by atoms with van der Waals surface area (Å²) in [6.07, 6.45) is 0.831. The molecule has 0 aromatic heterocycles. The lowest BCUT2D eigenvalue weighted by atomic mass is 10.0. The Balaban J connectivity index is 2.13. The molecular weight excluding hydrogens is 392 g/mol. The summed E-state index contributed by atoms with van der Waals surface area (Å²) in [4.78, 5) is 27.2. The summed E-state index contributed by atoms with van der Waals surface area (Å²) in [5.41, 5.74) is 2.09. The molecule has 2 amide bonds. The third-order valence-electron chi connectivity index (χ3n) is 5.11. The molecule has 1 atom stereocenters. The number of ether oxygens (including phenoxy) is 2. The van der Waals surface area contributed by atoms with Gasteiger partial charge in [-0.25, -0.2) is 0 Å². The molecule has 1 N–H and O–H groups in total. The number of hydrogen-bond donors (Lipinski definition) is 1. The fraction of sp³-hybridized carbons (Fsp3) is 0.440. The van der Waals surface area contributed by atoms with Crippen molar-refractivity contribution >= 4 is 11.8 Å². The maximum absolute atomic E-state index is 13.1. The molecule has 2 rings (SSSR count). The number of hydrogen-bond acceptors (Lipinski definition) is 4. The van der Waals surface area contributed by atoms with E-state index in [9.17, 15) is 9.59 Å². The van der Waals surface area contributed by atoms with Crippen molar-refractivity contribution in [3.8, 4) is 11.5 Å². The van der Waals surface area contributed by atoms with Gasteiger partial charge in [-0.3, -0.25) is 9.59 Å². The van der Waals surface area contributed by atoms with E-state index in [0.717, 1.165) is 12.0 Å². The summed E-state index contributed by atoms with van der Waals surface area (Å²) in [6.45, 7) is 8.69. The molecule has 1 unspecified atom stereocenters. The fourth-order valence-electron chi connectivity index (χ4n) is 3.12. The molecule has 2 aromatic carbocycles. The molecule has 31 heavy (non-hydrogen) atoms. The van der Waals surface area contributed by atoms with Crippen molar-refractivity contribution in [2.45, 2.75) is 52.6 Å². The molecular formula is C25H34N2O4. The first-order valence-corrected chi connectivity index (χ1v) is 10.8. The van der Waals surface area contributed by atoms with E-state index < -0.39 is 6.04 Å². The van der Waals surface area contributed by atoms with Crippen LogP contribution in [0.15, 0.2) is 48.5 Å². The summed E-state index contributed by atoms with van der Waals surface area (Å²) in [5.74, 6) is 1.32. The number of nitrogens with one attached hydrogen (secondary N) is 1. The second-order valence-corrected chi connectivity index (χ2v) is 7.85. The molecule has 0 spiro atoms. The lowest BCUT2D eigenvalue weighted by Crippen LogP contribution is -2.49. The first-order valence-electron chi connectivity index (χ1n) is 10.8. The van der Waals surface area contributed by atoms with Crippen LogP contribution < -0.4 is 14.8 Å². The molecule has 0 aliphatic rings. The Kier molecular flexibility index (Phi) is 9.38. The van der Waals surface area contributed by atoms with Gasteiger partial charge in [0.05, 0.1) is 7.11 Å². The maximum atomic E-state index is 13.1. The number of rotatable bonds is 11. The van der Waals surface area contributed by atoms with E-state index in [1.165, 1.54) is 5.56 Å². The third-order valence-corrected chi connectivity index (χ3v) is 5.11. The Morgan fingerprint density at radius 1 is 1.03 bits per heavy atom. The van der Waals surface area contributed by atoms with Crippen LogP contribution in [0.1, 0.15) is 51.2 Å². The molecule has 0 aliphatic heterocycles. The van der Waals surface area contributed by atoms with Gasteiger partial charge in [-0.2, -0.15) is 0 Å². The van der Waals surface area contributed by atoms with Gasteiger partial charge in [0.1, 0.15) is 17.5 Å². The first-order chi connectivity index (χ1) is 14.8. The number of benzene rings is 2. The highest BCUT2D eigenvalue weighted by Crippen LogP contribution is 2.19. The third kappa shape index (κ3) is 7.31. The zero-order chi connectivity index (χ0) is 22.8. The highest BCUT2D eigenvalue weighted by molar-refractivity contribution is 5.87. The Morgan fingerprint density at radius 2 is 1.74 bits per heavy atom. The first kappa shape index (κ1) is 24.3. The van der Waals surface area contributed by atoms with Crippen LogP contribution in [0.25, 0.3) is 0 Å². The molecule has 0 saturated carbocycles. The number of carbonyl (C=O) groups excluding carboxylic acids is 2. The molecule has 0 radical (unpaired) electrons. The summed E-state index contributed by atoms with van der Waals surface area (Å²) >= 11 is 0. The molecule has 0 fully saturated rings. The highest BCUT2D eigenvalue weighted by Gasteiger charge is 2.26. The van der Waals surface area contributed by atoms with Crippen LogP contribution in [0.5, 0.6) is 11.5 Å². The predicted octanol–water partition coefficient (Wildman–Crippen LogP) is 4.14. The van der Waals surface area contributed by atoms with E-state index in [0.29, 0.717) is 24.0 Å². The summed E-state index contributed by atoms with van der Waals surface area (Å²) in [5, 5.41) is 2.87. The lowest BCUT2D eigenvalue weighted by Gasteiger charge is -2.29. The second-order valence-electron chi connectivity index (χ2n) is 7.85. The average Bonchev–Trinajstić information content (AvgIpc) is 2.79. The number of carbonyl (C=O) groups is 2. The molecule has 0 aliphatic carbocycles. The Labute approximate surface area is 185 Å². The maximum Gasteiger partial charge on any atom is 0.261 e. The normalized spacial score (nSPS) is 11.7. The summed E-state index contributed by atoms with van der Waals surface area (Å²) in [7, 11) is 1.60. The smallest absolute Gasteiger partial charge is 0.261 e. The minimum absolute atomic E-state index is 0.142. The van der Waals surface area contributed by atoms with Crippen LogP contribution in [-0.2, 0) is 16.1 Å². The highest BCUT2D eigenvalue weighted by atomic mass is 16.5. The van der Waals surface area contributed by atoms with Crippen LogP contribution in [0.4, 0.5) is 0 Å². The number of amides is 2. The molecule has 6 nitrogen and oxygen atoms in total. The van der Waals surface area contributed by atoms with Crippen LogP contribution in [-0.4, -0.2) is 43.0 Å². The fourth-order valence-corrected chi connectivity index (χ4v) is 3.12. The second kappa shape index (κ2) is 12.0. The van der Waals surface area contributed by atoms with Gasteiger partial charge in [-0.15, -0.1) is 0 Å². The zero-order valence-electron chi connectivity index (χ0n) is 19.2. The Morgan fingerprint density at radius 3 is 2.35 bits per heavy atom. The minimum Gasteiger partial charge on any atom is -0.497 e. The van der Waals surface area contributed by atoms with Crippen molar-refractivity contribution in [1.29, 1.82) is 0 Å².